The zero-order valence-electron chi connectivity index (χ0n) is 12.7. The van der Waals surface area contributed by atoms with Gasteiger partial charge in [-0.3, -0.25) is 4.79 Å². The molecule has 22 heavy (non-hydrogen) atoms. The van der Waals surface area contributed by atoms with Crippen LogP contribution in [0.2, 0.25) is 0 Å². The van der Waals surface area contributed by atoms with Crippen molar-refractivity contribution in [3.63, 3.8) is 0 Å². The summed E-state index contributed by atoms with van der Waals surface area (Å²) in [5.74, 6) is -0.0503. The summed E-state index contributed by atoms with van der Waals surface area (Å²) in [5.41, 5.74) is 0.613. The molecule has 6 nitrogen and oxygen atoms in total. The van der Waals surface area contributed by atoms with Gasteiger partial charge in [-0.2, -0.15) is 4.31 Å². The SMILES string of the molecule is CCCCC(=O)Nc1ccc(S(=O)(=O)N2CCOCC2)cc1. The lowest BCUT2D eigenvalue weighted by atomic mass is 10.2. The fraction of sp³-hybridized carbons (Fsp3) is 0.533. The van der Waals surface area contributed by atoms with Crippen molar-refractivity contribution in [1.29, 1.82) is 0 Å². The van der Waals surface area contributed by atoms with Crippen molar-refractivity contribution in [3.05, 3.63) is 24.3 Å². The number of nitrogens with one attached hydrogen (secondary N) is 1. The Labute approximate surface area is 131 Å². The third kappa shape index (κ3) is 4.28. The Morgan fingerprint density at radius 3 is 2.45 bits per heavy atom. The summed E-state index contributed by atoms with van der Waals surface area (Å²) >= 11 is 0. The second kappa shape index (κ2) is 7.71. The quantitative estimate of drug-likeness (QED) is 0.865. The van der Waals surface area contributed by atoms with Gasteiger partial charge in [-0.15, -0.1) is 0 Å². The number of benzene rings is 1. The van der Waals surface area contributed by atoms with Crippen LogP contribution in [-0.4, -0.2) is 44.9 Å². The van der Waals surface area contributed by atoms with Crippen LogP contribution in [0.4, 0.5) is 5.69 Å². The zero-order valence-corrected chi connectivity index (χ0v) is 13.6. The Morgan fingerprint density at radius 1 is 1.23 bits per heavy atom. The van der Waals surface area contributed by atoms with Crippen molar-refractivity contribution in [3.8, 4) is 0 Å². The minimum absolute atomic E-state index is 0.0503. The van der Waals surface area contributed by atoms with Gasteiger partial charge in [-0.05, 0) is 30.7 Å². The van der Waals surface area contributed by atoms with Crippen LogP contribution in [0.3, 0.4) is 0 Å². The summed E-state index contributed by atoms with van der Waals surface area (Å²) < 4.78 is 31.5. The van der Waals surface area contributed by atoms with E-state index in [0.717, 1.165) is 12.8 Å². The van der Waals surface area contributed by atoms with Gasteiger partial charge in [0.1, 0.15) is 0 Å². The number of nitrogens with zero attached hydrogens (tertiary/aromatic N) is 1. The molecular formula is C15H22N2O4S. The fourth-order valence-electron chi connectivity index (χ4n) is 2.21. The molecule has 0 atom stereocenters. The topological polar surface area (TPSA) is 75.7 Å². The number of rotatable bonds is 6. The number of amides is 1. The number of carbonyl (C=O) groups excluding carboxylic acids is 1. The Balaban J connectivity index is 2.03. The van der Waals surface area contributed by atoms with E-state index in [4.69, 9.17) is 4.74 Å². The first-order valence-electron chi connectivity index (χ1n) is 7.52. The number of morpholine rings is 1. The second-order valence-corrected chi connectivity index (χ2v) is 7.13. The highest BCUT2D eigenvalue weighted by Gasteiger charge is 2.26. The van der Waals surface area contributed by atoms with Crippen LogP contribution in [-0.2, 0) is 19.6 Å². The molecule has 1 amide bonds. The standard InChI is InChI=1S/C15H22N2O4S/c1-2-3-4-15(18)16-13-5-7-14(8-6-13)22(19,20)17-9-11-21-12-10-17/h5-8H,2-4,9-12H2,1H3,(H,16,18). The average molecular weight is 326 g/mol. The molecule has 1 N–H and O–H groups in total. The van der Waals surface area contributed by atoms with Crippen molar-refractivity contribution in [2.75, 3.05) is 31.6 Å². The summed E-state index contributed by atoms with van der Waals surface area (Å²) in [6.45, 7) is 3.61. The van der Waals surface area contributed by atoms with Gasteiger partial charge in [0.05, 0.1) is 18.1 Å². The zero-order chi connectivity index (χ0) is 16.0. The predicted molar refractivity (Wildman–Crippen MR) is 84.2 cm³/mol. The monoisotopic (exact) mass is 326 g/mol. The van der Waals surface area contributed by atoms with Crippen molar-refractivity contribution in [2.24, 2.45) is 0 Å². The molecule has 0 aromatic heterocycles. The van der Waals surface area contributed by atoms with Crippen LogP contribution >= 0.6 is 0 Å². The smallest absolute Gasteiger partial charge is 0.243 e. The van der Waals surface area contributed by atoms with Crippen molar-refractivity contribution >= 4 is 21.6 Å². The largest absolute Gasteiger partial charge is 0.379 e. The highest BCUT2D eigenvalue weighted by molar-refractivity contribution is 7.89. The number of anilines is 1. The van der Waals surface area contributed by atoms with Gasteiger partial charge < -0.3 is 10.1 Å². The summed E-state index contributed by atoms with van der Waals surface area (Å²) in [6, 6.07) is 6.30. The molecule has 0 spiro atoms. The minimum atomic E-state index is -3.48. The number of carbonyl (C=O) groups is 1. The number of sulfonamides is 1. The van der Waals surface area contributed by atoms with Gasteiger partial charge in [0.15, 0.2) is 0 Å². The Bertz CT molecular complexity index is 592. The molecule has 0 aliphatic carbocycles. The maximum Gasteiger partial charge on any atom is 0.243 e. The highest BCUT2D eigenvalue weighted by atomic mass is 32.2. The molecule has 0 radical (unpaired) electrons. The van der Waals surface area contributed by atoms with Gasteiger partial charge in [-0.1, -0.05) is 13.3 Å². The fourth-order valence-corrected chi connectivity index (χ4v) is 3.62. The van der Waals surface area contributed by atoms with Gasteiger partial charge >= 0.3 is 0 Å². The summed E-state index contributed by atoms with van der Waals surface area (Å²) in [6.07, 6.45) is 2.28. The molecule has 1 fully saturated rings. The van der Waals surface area contributed by atoms with Gasteiger partial charge in [0, 0.05) is 25.2 Å². The Morgan fingerprint density at radius 2 is 1.86 bits per heavy atom. The maximum absolute atomic E-state index is 12.4. The van der Waals surface area contributed by atoms with Crippen LogP contribution in [0.1, 0.15) is 26.2 Å². The van der Waals surface area contributed by atoms with Gasteiger partial charge in [-0.25, -0.2) is 8.42 Å². The predicted octanol–water partition coefficient (Wildman–Crippen LogP) is 1.84. The van der Waals surface area contributed by atoms with E-state index in [2.05, 4.69) is 5.32 Å². The van der Waals surface area contributed by atoms with E-state index in [1.165, 1.54) is 16.4 Å². The number of unbranched alkanes of at least 4 members (excludes halogenated alkanes) is 1. The molecule has 0 bridgehead atoms. The van der Waals surface area contributed by atoms with E-state index in [-0.39, 0.29) is 10.8 Å². The molecule has 122 valence electrons. The van der Waals surface area contributed by atoms with Gasteiger partial charge in [0.25, 0.3) is 0 Å². The molecule has 0 unspecified atom stereocenters. The lowest BCUT2D eigenvalue weighted by Crippen LogP contribution is -2.40. The third-order valence-electron chi connectivity index (χ3n) is 3.50. The number of hydrogen-bond donors (Lipinski definition) is 1. The van der Waals surface area contributed by atoms with Crippen LogP contribution in [0.15, 0.2) is 29.2 Å². The minimum Gasteiger partial charge on any atom is -0.379 e. The lowest BCUT2D eigenvalue weighted by molar-refractivity contribution is -0.116. The molecule has 2 rings (SSSR count). The molecule has 1 aromatic rings. The molecule has 7 heteroatoms. The normalized spacial score (nSPS) is 16.4. The Hall–Kier alpha value is -1.44. The maximum atomic E-state index is 12.4. The van der Waals surface area contributed by atoms with Crippen molar-refractivity contribution < 1.29 is 17.9 Å². The third-order valence-corrected chi connectivity index (χ3v) is 5.42. The number of ether oxygens (including phenoxy) is 1. The molecule has 1 heterocycles. The summed E-state index contributed by atoms with van der Waals surface area (Å²) in [7, 11) is -3.48. The van der Waals surface area contributed by atoms with Crippen molar-refractivity contribution in [2.45, 2.75) is 31.1 Å². The molecule has 1 aliphatic heterocycles. The van der Waals surface area contributed by atoms with E-state index >= 15 is 0 Å². The van der Waals surface area contributed by atoms with Crippen molar-refractivity contribution in [1.82, 2.24) is 4.31 Å². The highest BCUT2D eigenvalue weighted by Crippen LogP contribution is 2.19. The van der Waals surface area contributed by atoms with Crippen LogP contribution in [0.25, 0.3) is 0 Å². The lowest BCUT2D eigenvalue weighted by Gasteiger charge is -2.26. The second-order valence-electron chi connectivity index (χ2n) is 5.19. The van der Waals surface area contributed by atoms with Crippen LogP contribution in [0.5, 0.6) is 0 Å². The van der Waals surface area contributed by atoms with E-state index in [1.54, 1.807) is 12.1 Å². The van der Waals surface area contributed by atoms with Crippen LogP contribution < -0.4 is 5.32 Å². The first-order chi connectivity index (χ1) is 10.5. The summed E-state index contributed by atoms with van der Waals surface area (Å²) in [4.78, 5) is 11.9. The summed E-state index contributed by atoms with van der Waals surface area (Å²) in [5, 5.41) is 2.77. The number of hydrogen-bond acceptors (Lipinski definition) is 4. The average Bonchev–Trinajstić information content (AvgIpc) is 2.54. The van der Waals surface area contributed by atoms with E-state index < -0.39 is 10.0 Å². The molecular weight excluding hydrogens is 304 g/mol. The molecule has 1 saturated heterocycles. The van der Waals surface area contributed by atoms with E-state index in [9.17, 15) is 13.2 Å². The van der Waals surface area contributed by atoms with E-state index in [0.29, 0.717) is 38.4 Å². The first kappa shape index (κ1) is 16.9. The first-order valence-corrected chi connectivity index (χ1v) is 8.96. The van der Waals surface area contributed by atoms with E-state index in [1.807, 2.05) is 6.92 Å². The Kier molecular flexibility index (Phi) is 5.93. The molecule has 0 saturated carbocycles. The van der Waals surface area contributed by atoms with Crippen LogP contribution in [0, 0.1) is 0 Å². The molecule has 1 aliphatic rings. The van der Waals surface area contributed by atoms with Gasteiger partial charge in [0.2, 0.25) is 15.9 Å². The molecule has 1 aromatic carbocycles.